The zero-order chi connectivity index (χ0) is 27.6. The monoisotopic (exact) mass is 534 g/mol. The van der Waals surface area contributed by atoms with Gasteiger partial charge < -0.3 is 29.4 Å². The lowest BCUT2D eigenvalue weighted by atomic mass is 10.0. The fourth-order valence-electron chi connectivity index (χ4n) is 4.04. The summed E-state index contributed by atoms with van der Waals surface area (Å²) < 4.78 is 15.2. The maximum Gasteiger partial charge on any atom is 0.417 e. The van der Waals surface area contributed by atoms with E-state index in [4.69, 9.17) is 13.9 Å². The molecule has 1 unspecified atom stereocenters. The van der Waals surface area contributed by atoms with Crippen LogP contribution >= 0.6 is 0 Å². The first kappa shape index (κ1) is 27.5. The van der Waals surface area contributed by atoms with Crippen LogP contribution in [0.2, 0.25) is 0 Å². The summed E-state index contributed by atoms with van der Waals surface area (Å²) in [5, 5.41) is 5.71. The third kappa shape index (κ3) is 7.51. The topological polar surface area (TPSA) is 140 Å². The third-order valence-electron chi connectivity index (χ3n) is 6.08. The van der Waals surface area contributed by atoms with Crippen LogP contribution in [-0.2, 0) is 19.1 Å². The van der Waals surface area contributed by atoms with Crippen molar-refractivity contribution >= 4 is 23.9 Å². The SMILES string of the molecule is CCOC(=O)CCC(NC(=O)c1cc(-c2ccoc2)cc(-c2ccccc2)n1)C(=O)OC(=O)N1CCNCC1. The zero-order valence-electron chi connectivity index (χ0n) is 21.6. The fourth-order valence-corrected chi connectivity index (χ4v) is 4.04. The van der Waals surface area contributed by atoms with Crippen molar-refractivity contribution in [3.63, 3.8) is 0 Å². The average molecular weight is 535 g/mol. The Bertz CT molecular complexity index is 1290. The summed E-state index contributed by atoms with van der Waals surface area (Å²) in [6.07, 6.45) is 1.99. The van der Waals surface area contributed by atoms with Crippen molar-refractivity contribution in [1.82, 2.24) is 20.5 Å². The molecular weight excluding hydrogens is 504 g/mol. The van der Waals surface area contributed by atoms with Crippen molar-refractivity contribution in [2.24, 2.45) is 0 Å². The summed E-state index contributed by atoms with van der Waals surface area (Å²) in [7, 11) is 0. The van der Waals surface area contributed by atoms with Gasteiger partial charge in [-0.05, 0) is 37.1 Å². The standard InChI is InChI=1S/C28H30N4O7/c1-2-38-25(33)9-8-22(27(35)39-28(36)32-13-11-29-12-14-32)31-26(34)24-17-21(20-10-15-37-18-20)16-23(30-24)19-6-4-3-5-7-19/h3-7,10,15-18,22,29H,2,8-9,11-14H2,1H3,(H,31,34). The maximum atomic E-state index is 13.4. The molecule has 4 rings (SSSR count). The first-order valence-corrected chi connectivity index (χ1v) is 12.7. The summed E-state index contributed by atoms with van der Waals surface area (Å²) >= 11 is 0. The van der Waals surface area contributed by atoms with Crippen molar-refractivity contribution in [3.05, 3.63) is 66.8 Å². The van der Waals surface area contributed by atoms with Crippen LogP contribution in [0.25, 0.3) is 22.4 Å². The largest absolute Gasteiger partial charge is 0.472 e. The number of pyridine rings is 1. The highest BCUT2D eigenvalue weighted by Crippen LogP contribution is 2.26. The van der Waals surface area contributed by atoms with Crippen molar-refractivity contribution in [1.29, 1.82) is 0 Å². The van der Waals surface area contributed by atoms with Gasteiger partial charge in [0, 0.05) is 43.7 Å². The molecule has 0 saturated carbocycles. The molecule has 11 heteroatoms. The molecule has 204 valence electrons. The van der Waals surface area contributed by atoms with Crippen LogP contribution < -0.4 is 10.6 Å². The van der Waals surface area contributed by atoms with E-state index in [0.29, 0.717) is 37.4 Å². The number of benzene rings is 1. The Morgan fingerprint density at radius 2 is 1.82 bits per heavy atom. The lowest BCUT2D eigenvalue weighted by molar-refractivity contribution is -0.144. The predicted octanol–water partition coefficient (Wildman–Crippen LogP) is 3.02. The van der Waals surface area contributed by atoms with Crippen LogP contribution in [-0.4, -0.2) is 72.7 Å². The molecule has 0 radical (unpaired) electrons. The average Bonchev–Trinajstić information content (AvgIpc) is 3.51. The second kappa shape index (κ2) is 13.3. The summed E-state index contributed by atoms with van der Waals surface area (Å²) in [6, 6.07) is 13.2. The van der Waals surface area contributed by atoms with Gasteiger partial charge in [-0.1, -0.05) is 30.3 Å². The van der Waals surface area contributed by atoms with E-state index in [1.165, 1.54) is 11.2 Å². The van der Waals surface area contributed by atoms with E-state index < -0.39 is 30.0 Å². The normalized spacial score (nSPS) is 13.8. The second-order valence-corrected chi connectivity index (χ2v) is 8.80. The van der Waals surface area contributed by atoms with Crippen LogP contribution in [0.4, 0.5) is 4.79 Å². The molecule has 0 spiro atoms. The number of carbonyl (C=O) groups is 4. The van der Waals surface area contributed by atoms with Gasteiger partial charge in [-0.3, -0.25) is 9.59 Å². The van der Waals surface area contributed by atoms with E-state index in [9.17, 15) is 19.2 Å². The highest BCUT2D eigenvalue weighted by atomic mass is 16.6. The molecule has 1 atom stereocenters. The third-order valence-corrected chi connectivity index (χ3v) is 6.08. The van der Waals surface area contributed by atoms with Gasteiger partial charge in [0.25, 0.3) is 5.91 Å². The molecule has 0 aliphatic carbocycles. The number of aromatic nitrogens is 1. The van der Waals surface area contributed by atoms with Crippen molar-refractivity contribution in [2.45, 2.75) is 25.8 Å². The Hall–Kier alpha value is -4.51. The van der Waals surface area contributed by atoms with Crippen molar-refractivity contribution in [3.8, 4) is 22.4 Å². The van der Waals surface area contributed by atoms with Gasteiger partial charge in [0.1, 0.15) is 11.7 Å². The first-order chi connectivity index (χ1) is 18.9. The Morgan fingerprint density at radius 1 is 1.05 bits per heavy atom. The summed E-state index contributed by atoms with van der Waals surface area (Å²) in [4.78, 5) is 56.8. The molecule has 3 heterocycles. The Morgan fingerprint density at radius 3 is 2.51 bits per heavy atom. The molecule has 2 amide bonds. The number of amides is 2. The maximum absolute atomic E-state index is 13.4. The number of rotatable bonds is 9. The van der Waals surface area contributed by atoms with Gasteiger partial charge in [0.05, 0.1) is 24.8 Å². The van der Waals surface area contributed by atoms with Crippen LogP contribution in [0.3, 0.4) is 0 Å². The molecule has 11 nitrogen and oxygen atoms in total. The van der Waals surface area contributed by atoms with E-state index in [1.807, 2.05) is 36.4 Å². The van der Waals surface area contributed by atoms with Gasteiger partial charge in [0.2, 0.25) is 0 Å². The minimum Gasteiger partial charge on any atom is -0.472 e. The molecule has 1 fully saturated rings. The van der Waals surface area contributed by atoms with E-state index in [0.717, 1.165) is 11.1 Å². The number of nitrogens with one attached hydrogen (secondary N) is 2. The molecule has 1 aliphatic rings. The van der Waals surface area contributed by atoms with E-state index in [2.05, 4.69) is 15.6 Å². The number of nitrogens with zero attached hydrogens (tertiary/aromatic N) is 2. The van der Waals surface area contributed by atoms with Gasteiger partial charge >= 0.3 is 18.0 Å². The molecule has 1 aromatic carbocycles. The number of carbonyl (C=O) groups excluding carboxylic acids is 4. The zero-order valence-corrected chi connectivity index (χ0v) is 21.6. The quantitative estimate of drug-likeness (QED) is 0.313. The number of piperazine rings is 1. The number of esters is 2. The summed E-state index contributed by atoms with van der Waals surface area (Å²) in [5.74, 6) is -2.17. The van der Waals surface area contributed by atoms with Crippen molar-refractivity contribution < 1.29 is 33.1 Å². The number of hydrogen-bond donors (Lipinski definition) is 2. The van der Waals surface area contributed by atoms with Gasteiger partial charge in [-0.2, -0.15) is 0 Å². The van der Waals surface area contributed by atoms with Crippen LogP contribution in [0.5, 0.6) is 0 Å². The van der Waals surface area contributed by atoms with E-state index in [-0.39, 0.29) is 25.1 Å². The molecule has 2 N–H and O–H groups in total. The highest BCUT2D eigenvalue weighted by molar-refractivity contribution is 5.98. The Kier molecular flexibility index (Phi) is 9.41. The summed E-state index contributed by atoms with van der Waals surface area (Å²) in [6.45, 7) is 3.77. The Labute approximate surface area is 225 Å². The van der Waals surface area contributed by atoms with Gasteiger partial charge in [-0.15, -0.1) is 0 Å². The fraction of sp³-hybridized carbons (Fsp3) is 0.321. The molecule has 1 aliphatic heterocycles. The highest BCUT2D eigenvalue weighted by Gasteiger charge is 2.29. The van der Waals surface area contributed by atoms with Crippen LogP contribution in [0.15, 0.2) is 65.5 Å². The Balaban J connectivity index is 1.57. The molecule has 2 aromatic heterocycles. The number of hydrogen-bond acceptors (Lipinski definition) is 9. The number of furan rings is 1. The van der Waals surface area contributed by atoms with Gasteiger partial charge in [0.15, 0.2) is 0 Å². The van der Waals surface area contributed by atoms with E-state index in [1.54, 1.807) is 25.3 Å². The van der Waals surface area contributed by atoms with Crippen molar-refractivity contribution in [2.75, 3.05) is 32.8 Å². The molecule has 1 saturated heterocycles. The molecule has 3 aromatic rings. The van der Waals surface area contributed by atoms with Gasteiger partial charge in [-0.25, -0.2) is 14.6 Å². The van der Waals surface area contributed by atoms with Crippen LogP contribution in [0, 0.1) is 0 Å². The lowest BCUT2D eigenvalue weighted by Crippen LogP contribution is -2.49. The summed E-state index contributed by atoms with van der Waals surface area (Å²) in [5.41, 5.74) is 2.79. The van der Waals surface area contributed by atoms with Crippen LogP contribution in [0.1, 0.15) is 30.3 Å². The predicted molar refractivity (Wildman–Crippen MR) is 140 cm³/mol. The molecule has 0 bridgehead atoms. The minimum atomic E-state index is -1.28. The molecular formula is C28H30N4O7. The first-order valence-electron chi connectivity index (χ1n) is 12.7. The lowest BCUT2D eigenvalue weighted by Gasteiger charge is -2.26. The van der Waals surface area contributed by atoms with E-state index >= 15 is 0 Å². The smallest absolute Gasteiger partial charge is 0.417 e. The number of ether oxygens (including phenoxy) is 2. The second-order valence-electron chi connectivity index (χ2n) is 8.80. The molecule has 39 heavy (non-hydrogen) atoms. The minimum absolute atomic E-state index is 0.0370.